The second-order valence-electron chi connectivity index (χ2n) is 4.84. The van der Waals surface area contributed by atoms with Crippen LogP contribution in [-0.4, -0.2) is 21.5 Å². The zero-order chi connectivity index (χ0) is 13.9. The molecule has 0 aliphatic carbocycles. The topological polar surface area (TPSA) is 62.7 Å². The predicted octanol–water partition coefficient (Wildman–Crippen LogP) is 3.02. The van der Waals surface area contributed by atoms with Gasteiger partial charge in [0.05, 0.1) is 5.54 Å². The molecule has 0 amide bonds. The highest BCUT2D eigenvalue weighted by Gasteiger charge is 2.23. The highest BCUT2D eigenvalue weighted by molar-refractivity contribution is 7.09. The number of thiazole rings is 1. The van der Waals surface area contributed by atoms with Crippen molar-refractivity contribution in [3.05, 3.63) is 28.3 Å². The zero-order valence-electron chi connectivity index (χ0n) is 11.7. The Balaban J connectivity index is 2.23. The second kappa shape index (κ2) is 5.52. The Morgan fingerprint density at radius 2 is 2.11 bits per heavy atom. The van der Waals surface area contributed by atoms with Gasteiger partial charge in [0.15, 0.2) is 0 Å². The Labute approximate surface area is 117 Å². The molecule has 19 heavy (non-hydrogen) atoms. The number of nitrogens with zero attached hydrogens (tertiary/aromatic N) is 3. The maximum absolute atomic E-state index is 4.46. The van der Waals surface area contributed by atoms with E-state index in [0.29, 0.717) is 5.95 Å². The van der Waals surface area contributed by atoms with Crippen molar-refractivity contribution in [2.75, 3.05) is 17.2 Å². The van der Waals surface area contributed by atoms with Gasteiger partial charge in [-0.3, -0.25) is 0 Å². The smallest absolute Gasteiger partial charge is 0.224 e. The Morgan fingerprint density at radius 1 is 1.32 bits per heavy atom. The number of nitrogens with one attached hydrogen (secondary N) is 2. The number of aryl methyl sites for hydroxylation is 1. The minimum atomic E-state index is -0.252. The van der Waals surface area contributed by atoms with Gasteiger partial charge in [0.1, 0.15) is 10.8 Å². The number of aromatic nitrogens is 3. The first kappa shape index (κ1) is 13.7. The van der Waals surface area contributed by atoms with Crippen LogP contribution >= 0.6 is 11.3 Å². The van der Waals surface area contributed by atoms with Gasteiger partial charge in [0.25, 0.3) is 0 Å². The summed E-state index contributed by atoms with van der Waals surface area (Å²) in [6.45, 7) is 8.98. The van der Waals surface area contributed by atoms with Crippen molar-refractivity contribution in [2.45, 2.75) is 33.2 Å². The lowest BCUT2D eigenvalue weighted by Crippen LogP contribution is -2.28. The van der Waals surface area contributed by atoms with Gasteiger partial charge in [-0.05, 0) is 27.7 Å². The fourth-order valence-corrected chi connectivity index (χ4v) is 2.49. The van der Waals surface area contributed by atoms with E-state index in [1.165, 1.54) is 0 Å². The average molecular weight is 277 g/mol. The minimum Gasteiger partial charge on any atom is -0.359 e. The lowest BCUT2D eigenvalue weighted by Gasteiger charge is -2.24. The van der Waals surface area contributed by atoms with Crippen LogP contribution in [0.15, 0.2) is 17.6 Å². The van der Waals surface area contributed by atoms with Crippen molar-refractivity contribution in [3.8, 4) is 0 Å². The van der Waals surface area contributed by atoms with Crippen LogP contribution in [0.3, 0.4) is 0 Å². The predicted molar refractivity (Wildman–Crippen MR) is 79.7 cm³/mol. The molecule has 2 heterocycles. The van der Waals surface area contributed by atoms with Gasteiger partial charge >= 0.3 is 0 Å². The summed E-state index contributed by atoms with van der Waals surface area (Å²) in [4.78, 5) is 13.2. The highest BCUT2D eigenvalue weighted by atomic mass is 32.1. The van der Waals surface area contributed by atoms with E-state index in [1.54, 1.807) is 11.3 Å². The van der Waals surface area contributed by atoms with E-state index < -0.39 is 0 Å². The van der Waals surface area contributed by atoms with E-state index in [4.69, 9.17) is 0 Å². The first-order valence-electron chi connectivity index (χ1n) is 6.29. The molecule has 2 aromatic rings. The maximum atomic E-state index is 4.46. The van der Waals surface area contributed by atoms with Crippen LogP contribution in [0.25, 0.3) is 0 Å². The summed E-state index contributed by atoms with van der Waals surface area (Å²) in [6.07, 6.45) is 1.82. The molecule has 0 spiro atoms. The van der Waals surface area contributed by atoms with Gasteiger partial charge in [-0.2, -0.15) is 4.98 Å². The average Bonchev–Trinajstić information content (AvgIpc) is 2.81. The van der Waals surface area contributed by atoms with Crippen LogP contribution < -0.4 is 10.6 Å². The third-order valence-corrected chi connectivity index (χ3v) is 3.69. The maximum Gasteiger partial charge on any atom is 0.224 e. The van der Waals surface area contributed by atoms with Crippen LogP contribution in [0.2, 0.25) is 0 Å². The monoisotopic (exact) mass is 277 g/mol. The van der Waals surface area contributed by atoms with Gasteiger partial charge in [-0.25, -0.2) is 9.97 Å². The summed E-state index contributed by atoms with van der Waals surface area (Å²) in [5, 5.41) is 9.57. The molecule has 0 unspecified atom stereocenters. The number of rotatable bonds is 5. The van der Waals surface area contributed by atoms with Crippen molar-refractivity contribution in [3.63, 3.8) is 0 Å². The van der Waals surface area contributed by atoms with Crippen LogP contribution in [0.4, 0.5) is 11.8 Å². The Bertz CT molecular complexity index is 536. The fraction of sp³-hybridized carbons (Fsp3) is 0.462. The highest BCUT2D eigenvalue weighted by Crippen LogP contribution is 2.26. The standard InChI is InChI=1S/C13H19N5S/c1-5-14-12-16-9(2)8-10(17-12)18-13(3,4)11-15-6-7-19-11/h6-8H,5H2,1-4H3,(H2,14,16,17,18). The molecule has 0 atom stereocenters. The Morgan fingerprint density at radius 3 is 2.74 bits per heavy atom. The molecule has 5 nitrogen and oxygen atoms in total. The van der Waals surface area contributed by atoms with Crippen molar-refractivity contribution in [1.82, 2.24) is 15.0 Å². The van der Waals surface area contributed by atoms with Crippen molar-refractivity contribution in [1.29, 1.82) is 0 Å². The lowest BCUT2D eigenvalue weighted by atomic mass is 10.1. The molecular weight excluding hydrogens is 258 g/mol. The van der Waals surface area contributed by atoms with Crippen LogP contribution in [0, 0.1) is 6.92 Å². The summed E-state index contributed by atoms with van der Waals surface area (Å²) in [5.74, 6) is 1.46. The summed E-state index contributed by atoms with van der Waals surface area (Å²) in [5.41, 5.74) is 0.682. The Kier molecular flexibility index (Phi) is 3.99. The molecule has 0 saturated heterocycles. The van der Waals surface area contributed by atoms with Crippen LogP contribution in [0.1, 0.15) is 31.5 Å². The SMILES string of the molecule is CCNc1nc(C)cc(NC(C)(C)c2nccs2)n1. The fourth-order valence-electron chi connectivity index (χ4n) is 1.78. The van der Waals surface area contributed by atoms with Crippen LogP contribution in [0.5, 0.6) is 0 Å². The first-order chi connectivity index (χ1) is 9.01. The quantitative estimate of drug-likeness (QED) is 0.879. The van der Waals surface area contributed by atoms with Gasteiger partial charge in [-0.15, -0.1) is 11.3 Å². The minimum absolute atomic E-state index is 0.252. The third kappa shape index (κ3) is 3.41. The normalized spacial score (nSPS) is 11.4. The molecular formula is C13H19N5S. The number of hydrogen-bond donors (Lipinski definition) is 2. The van der Waals surface area contributed by atoms with Crippen molar-refractivity contribution < 1.29 is 0 Å². The number of anilines is 2. The van der Waals surface area contributed by atoms with E-state index in [-0.39, 0.29) is 5.54 Å². The molecule has 0 saturated carbocycles. The molecule has 2 aromatic heterocycles. The van der Waals surface area contributed by atoms with E-state index in [0.717, 1.165) is 23.1 Å². The summed E-state index contributed by atoms with van der Waals surface area (Å²) >= 11 is 1.64. The second-order valence-corrected chi connectivity index (χ2v) is 5.73. The largest absolute Gasteiger partial charge is 0.359 e. The molecule has 0 aliphatic rings. The summed E-state index contributed by atoms with van der Waals surface area (Å²) in [6, 6.07) is 1.94. The van der Waals surface area contributed by atoms with Crippen molar-refractivity contribution in [2.24, 2.45) is 0 Å². The molecule has 2 rings (SSSR count). The zero-order valence-corrected chi connectivity index (χ0v) is 12.5. The van der Waals surface area contributed by atoms with Gasteiger partial charge in [0.2, 0.25) is 5.95 Å². The third-order valence-electron chi connectivity index (χ3n) is 2.60. The molecule has 6 heteroatoms. The molecule has 0 radical (unpaired) electrons. The molecule has 102 valence electrons. The Hall–Kier alpha value is -1.69. The van der Waals surface area contributed by atoms with Crippen LogP contribution in [-0.2, 0) is 5.54 Å². The van der Waals surface area contributed by atoms with Gasteiger partial charge in [-0.1, -0.05) is 0 Å². The summed E-state index contributed by atoms with van der Waals surface area (Å²) in [7, 11) is 0. The molecule has 0 aliphatic heterocycles. The first-order valence-corrected chi connectivity index (χ1v) is 7.17. The van der Waals surface area contributed by atoms with E-state index >= 15 is 0 Å². The van der Waals surface area contributed by atoms with Gasteiger partial charge < -0.3 is 10.6 Å². The van der Waals surface area contributed by atoms with E-state index in [9.17, 15) is 0 Å². The molecule has 2 N–H and O–H groups in total. The number of hydrogen-bond acceptors (Lipinski definition) is 6. The van der Waals surface area contributed by atoms with Crippen molar-refractivity contribution >= 4 is 23.1 Å². The van der Waals surface area contributed by atoms with Gasteiger partial charge in [0, 0.05) is 29.9 Å². The van der Waals surface area contributed by atoms with E-state index in [2.05, 4.69) is 39.4 Å². The molecule has 0 bridgehead atoms. The lowest BCUT2D eigenvalue weighted by molar-refractivity contribution is 0.600. The summed E-state index contributed by atoms with van der Waals surface area (Å²) < 4.78 is 0. The van der Waals surface area contributed by atoms with E-state index in [1.807, 2.05) is 31.5 Å². The molecule has 0 aromatic carbocycles. The molecule has 0 fully saturated rings.